The van der Waals surface area contributed by atoms with Gasteiger partial charge in [-0.05, 0) is 30.5 Å². The van der Waals surface area contributed by atoms with Crippen molar-refractivity contribution < 1.29 is 9.90 Å². The van der Waals surface area contributed by atoms with Gasteiger partial charge in [0.25, 0.3) is 0 Å². The summed E-state index contributed by atoms with van der Waals surface area (Å²) in [7, 11) is 2.13. The number of nitrogens with zero attached hydrogens (tertiary/aromatic N) is 1. The first-order chi connectivity index (χ1) is 9.68. The Morgan fingerprint density at radius 1 is 1.20 bits per heavy atom. The largest absolute Gasteiger partial charge is 0.478 e. The predicted molar refractivity (Wildman–Crippen MR) is 83.0 cm³/mol. The second-order valence-corrected chi connectivity index (χ2v) is 5.49. The first-order valence-corrected chi connectivity index (χ1v) is 7.41. The fourth-order valence-electron chi connectivity index (χ4n) is 2.95. The standard InChI is InChI=1S/C17H23NO2/c1-18(15-9-4-2-3-5-10-15)16-11-7-6-8-14(16)12-13-17(19)20/h6-8,11-13,15H,2-5,9-10H2,1H3,(H,19,20)/b13-12+. The van der Waals surface area contributed by atoms with Gasteiger partial charge in [0.15, 0.2) is 0 Å². The third-order valence-electron chi connectivity index (χ3n) is 4.09. The van der Waals surface area contributed by atoms with Crippen molar-refractivity contribution in [3.63, 3.8) is 0 Å². The summed E-state index contributed by atoms with van der Waals surface area (Å²) in [6, 6.07) is 8.58. The van der Waals surface area contributed by atoms with Gasteiger partial charge in [-0.25, -0.2) is 4.79 Å². The number of carbonyl (C=O) groups is 1. The molecule has 0 heterocycles. The molecule has 3 heteroatoms. The predicted octanol–water partition coefficient (Wildman–Crippen LogP) is 3.94. The molecule has 0 spiro atoms. The molecule has 1 aliphatic carbocycles. The summed E-state index contributed by atoms with van der Waals surface area (Å²) in [6.45, 7) is 0. The van der Waals surface area contributed by atoms with Crippen LogP contribution >= 0.6 is 0 Å². The lowest BCUT2D eigenvalue weighted by Gasteiger charge is -2.30. The molecule has 0 aliphatic heterocycles. The average molecular weight is 273 g/mol. The molecule has 2 rings (SSSR count). The number of anilines is 1. The van der Waals surface area contributed by atoms with Crippen molar-refractivity contribution in [3.05, 3.63) is 35.9 Å². The van der Waals surface area contributed by atoms with Crippen LogP contribution in [0.1, 0.15) is 44.1 Å². The highest BCUT2D eigenvalue weighted by Crippen LogP contribution is 2.28. The third kappa shape index (κ3) is 3.86. The van der Waals surface area contributed by atoms with E-state index in [2.05, 4.69) is 18.0 Å². The highest BCUT2D eigenvalue weighted by atomic mass is 16.4. The third-order valence-corrected chi connectivity index (χ3v) is 4.09. The molecule has 1 aromatic carbocycles. The summed E-state index contributed by atoms with van der Waals surface area (Å²) in [5, 5.41) is 8.79. The number of hydrogen-bond acceptors (Lipinski definition) is 2. The van der Waals surface area contributed by atoms with Gasteiger partial charge in [-0.1, -0.05) is 43.9 Å². The molecule has 1 N–H and O–H groups in total. The lowest BCUT2D eigenvalue weighted by Crippen LogP contribution is -2.31. The minimum absolute atomic E-state index is 0.567. The van der Waals surface area contributed by atoms with Gasteiger partial charge in [-0.3, -0.25) is 0 Å². The number of carboxylic acid groups (broad SMARTS) is 1. The summed E-state index contributed by atoms with van der Waals surface area (Å²) >= 11 is 0. The Morgan fingerprint density at radius 3 is 2.50 bits per heavy atom. The Bertz CT molecular complexity index is 474. The topological polar surface area (TPSA) is 40.5 Å². The number of aliphatic carboxylic acids is 1. The zero-order chi connectivity index (χ0) is 14.4. The van der Waals surface area contributed by atoms with Crippen LogP contribution in [0.3, 0.4) is 0 Å². The van der Waals surface area contributed by atoms with Gasteiger partial charge in [-0.15, -0.1) is 0 Å². The Balaban J connectivity index is 2.19. The second-order valence-electron chi connectivity index (χ2n) is 5.49. The number of hydrogen-bond donors (Lipinski definition) is 1. The zero-order valence-electron chi connectivity index (χ0n) is 12.1. The number of para-hydroxylation sites is 1. The van der Waals surface area contributed by atoms with Gasteiger partial charge in [-0.2, -0.15) is 0 Å². The van der Waals surface area contributed by atoms with Crippen molar-refractivity contribution >= 4 is 17.7 Å². The molecule has 1 aliphatic rings. The Labute approximate surface area is 120 Å². The monoisotopic (exact) mass is 273 g/mol. The van der Waals surface area contributed by atoms with E-state index in [1.54, 1.807) is 6.08 Å². The van der Waals surface area contributed by atoms with E-state index in [9.17, 15) is 4.79 Å². The summed E-state index contributed by atoms with van der Waals surface area (Å²) in [4.78, 5) is 13.0. The molecular weight excluding hydrogens is 250 g/mol. The molecule has 1 aromatic rings. The van der Waals surface area contributed by atoms with Gasteiger partial charge in [0, 0.05) is 24.9 Å². The van der Waals surface area contributed by atoms with E-state index in [4.69, 9.17) is 5.11 Å². The molecule has 0 aromatic heterocycles. The molecule has 108 valence electrons. The van der Waals surface area contributed by atoms with E-state index in [-0.39, 0.29) is 0 Å². The Morgan fingerprint density at radius 2 is 1.85 bits per heavy atom. The zero-order valence-corrected chi connectivity index (χ0v) is 12.1. The number of rotatable bonds is 4. The minimum atomic E-state index is -0.906. The van der Waals surface area contributed by atoms with Crippen LogP contribution in [-0.4, -0.2) is 24.2 Å². The molecule has 0 bridgehead atoms. The van der Waals surface area contributed by atoms with Crippen LogP contribution in [0.2, 0.25) is 0 Å². The van der Waals surface area contributed by atoms with Crippen molar-refractivity contribution in [3.8, 4) is 0 Å². The summed E-state index contributed by atoms with van der Waals surface area (Å²) < 4.78 is 0. The highest BCUT2D eigenvalue weighted by Gasteiger charge is 2.18. The lowest BCUT2D eigenvalue weighted by atomic mass is 10.0. The number of carboxylic acids is 1. The molecule has 1 fully saturated rings. The van der Waals surface area contributed by atoms with Crippen LogP contribution in [-0.2, 0) is 4.79 Å². The molecule has 0 saturated heterocycles. The van der Waals surface area contributed by atoms with Crippen LogP contribution in [0, 0.1) is 0 Å². The highest BCUT2D eigenvalue weighted by molar-refractivity contribution is 5.87. The van der Waals surface area contributed by atoms with Crippen molar-refractivity contribution in [2.75, 3.05) is 11.9 Å². The van der Waals surface area contributed by atoms with E-state index in [0.717, 1.165) is 11.3 Å². The molecule has 3 nitrogen and oxygen atoms in total. The normalized spacial score (nSPS) is 17.1. The van der Waals surface area contributed by atoms with Crippen LogP contribution in [0.15, 0.2) is 30.3 Å². The molecule has 0 unspecified atom stereocenters. The van der Waals surface area contributed by atoms with E-state index in [1.807, 2.05) is 18.2 Å². The minimum Gasteiger partial charge on any atom is -0.478 e. The SMILES string of the molecule is CN(c1ccccc1/C=C/C(=O)O)C1CCCCCC1. The lowest BCUT2D eigenvalue weighted by molar-refractivity contribution is -0.131. The molecule has 1 saturated carbocycles. The van der Waals surface area contributed by atoms with Gasteiger partial charge in [0.2, 0.25) is 0 Å². The van der Waals surface area contributed by atoms with Crippen molar-refractivity contribution in [1.82, 2.24) is 0 Å². The van der Waals surface area contributed by atoms with Crippen LogP contribution in [0.25, 0.3) is 6.08 Å². The average Bonchev–Trinajstić information content (AvgIpc) is 2.73. The summed E-state index contributed by atoms with van der Waals surface area (Å²) in [6.07, 6.45) is 10.6. The Hall–Kier alpha value is -1.77. The molecule has 0 amide bonds. The van der Waals surface area contributed by atoms with Crippen LogP contribution in [0.4, 0.5) is 5.69 Å². The first kappa shape index (κ1) is 14.6. The quantitative estimate of drug-likeness (QED) is 0.667. The molecule has 20 heavy (non-hydrogen) atoms. The van der Waals surface area contributed by atoms with E-state index < -0.39 is 5.97 Å². The van der Waals surface area contributed by atoms with E-state index >= 15 is 0 Å². The summed E-state index contributed by atoms with van der Waals surface area (Å²) in [5.41, 5.74) is 2.10. The molecule has 0 atom stereocenters. The molecular formula is C17H23NO2. The van der Waals surface area contributed by atoms with Crippen molar-refractivity contribution in [2.24, 2.45) is 0 Å². The van der Waals surface area contributed by atoms with Crippen molar-refractivity contribution in [2.45, 2.75) is 44.6 Å². The van der Waals surface area contributed by atoms with Gasteiger partial charge in [0.1, 0.15) is 0 Å². The smallest absolute Gasteiger partial charge is 0.328 e. The van der Waals surface area contributed by atoms with Crippen molar-refractivity contribution in [1.29, 1.82) is 0 Å². The van der Waals surface area contributed by atoms with Gasteiger partial charge < -0.3 is 10.0 Å². The maximum atomic E-state index is 10.7. The number of benzene rings is 1. The molecule has 0 radical (unpaired) electrons. The van der Waals surface area contributed by atoms with Gasteiger partial charge >= 0.3 is 5.97 Å². The van der Waals surface area contributed by atoms with E-state index in [0.29, 0.717) is 6.04 Å². The second kappa shape index (κ2) is 7.13. The van der Waals surface area contributed by atoms with Crippen LogP contribution < -0.4 is 4.90 Å². The maximum Gasteiger partial charge on any atom is 0.328 e. The summed E-state index contributed by atoms with van der Waals surface area (Å²) in [5.74, 6) is -0.906. The first-order valence-electron chi connectivity index (χ1n) is 7.41. The maximum absolute atomic E-state index is 10.7. The van der Waals surface area contributed by atoms with E-state index in [1.165, 1.54) is 44.6 Å². The fraction of sp³-hybridized carbons (Fsp3) is 0.471. The van der Waals surface area contributed by atoms with Gasteiger partial charge in [0.05, 0.1) is 0 Å². The Kier molecular flexibility index (Phi) is 5.22. The van der Waals surface area contributed by atoms with Crippen LogP contribution in [0.5, 0.6) is 0 Å². The fourth-order valence-corrected chi connectivity index (χ4v) is 2.95.